The maximum absolute atomic E-state index is 6.95. The van der Waals surface area contributed by atoms with Gasteiger partial charge in [-0.25, -0.2) is 0 Å². The van der Waals surface area contributed by atoms with E-state index in [0.717, 1.165) is 39.7 Å². The largest absolute Gasteiger partial charge is 0.457 e. The zero-order valence-corrected chi connectivity index (χ0v) is 29.1. The van der Waals surface area contributed by atoms with Gasteiger partial charge < -0.3 is 9.64 Å². The Labute approximate surface area is 300 Å². The van der Waals surface area contributed by atoms with Crippen molar-refractivity contribution in [1.29, 1.82) is 0 Å². The molecule has 8 aromatic rings. The highest BCUT2D eigenvalue weighted by Crippen LogP contribution is 2.40. The highest BCUT2D eigenvalue weighted by atomic mass is 28.3. The number of anilines is 3. The minimum absolute atomic E-state index is 0.933. The molecular formula is C48H35NOSi. The van der Waals surface area contributed by atoms with E-state index < -0.39 is 8.07 Å². The lowest BCUT2D eigenvalue weighted by atomic mass is 10.0. The van der Waals surface area contributed by atoms with Crippen molar-refractivity contribution < 1.29 is 4.74 Å². The molecule has 242 valence electrons. The molecule has 9 rings (SSSR count). The van der Waals surface area contributed by atoms with Crippen LogP contribution in [0.3, 0.4) is 0 Å². The summed E-state index contributed by atoms with van der Waals surface area (Å²) in [5.41, 5.74) is 7.92. The van der Waals surface area contributed by atoms with Gasteiger partial charge in [0.25, 0.3) is 0 Å². The Morgan fingerprint density at radius 2 is 0.784 bits per heavy atom. The number of hydrogen-bond acceptors (Lipinski definition) is 2. The molecule has 0 atom stereocenters. The van der Waals surface area contributed by atoms with Crippen molar-refractivity contribution in [1.82, 2.24) is 0 Å². The molecule has 0 fully saturated rings. The Hall–Kier alpha value is -6.42. The second-order valence-electron chi connectivity index (χ2n) is 12.9. The maximum atomic E-state index is 6.95. The minimum atomic E-state index is -2.72. The first-order valence-electron chi connectivity index (χ1n) is 17.4. The summed E-state index contributed by atoms with van der Waals surface area (Å²) < 4.78 is 6.95. The topological polar surface area (TPSA) is 12.5 Å². The van der Waals surface area contributed by atoms with E-state index in [1.165, 1.54) is 31.9 Å². The van der Waals surface area contributed by atoms with E-state index in [2.05, 4.69) is 217 Å². The minimum Gasteiger partial charge on any atom is -0.457 e. The third kappa shape index (κ3) is 5.36. The fourth-order valence-electron chi connectivity index (χ4n) is 7.70. The first kappa shape index (κ1) is 30.6. The quantitative estimate of drug-likeness (QED) is 0.157. The van der Waals surface area contributed by atoms with Crippen LogP contribution in [0.4, 0.5) is 17.1 Å². The molecular weight excluding hydrogens is 635 g/mol. The van der Waals surface area contributed by atoms with Crippen LogP contribution in [0.25, 0.3) is 22.3 Å². The molecule has 51 heavy (non-hydrogen) atoms. The molecule has 1 aliphatic rings. The van der Waals surface area contributed by atoms with Crippen LogP contribution in [0.2, 0.25) is 0 Å². The molecule has 0 amide bonds. The van der Waals surface area contributed by atoms with Gasteiger partial charge in [0, 0.05) is 22.6 Å². The Balaban J connectivity index is 1.17. The van der Waals surface area contributed by atoms with Gasteiger partial charge in [0.1, 0.15) is 11.5 Å². The molecule has 0 N–H and O–H groups in total. The molecule has 1 heterocycles. The van der Waals surface area contributed by atoms with Crippen molar-refractivity contribution in [2.24, 2.45) is 0 Å². The van der Waals surface area contributed by atoms with Gasteiger partial charge in [-0.15, -0.1) is 0 Å². The molecule has 3 heteroatoms. The molecule has 0 bridgehead atoms. The monoisotopic (exact) mass is 669 g/mol. The summed E-state index contributed by atoms with van der Waals surface area (Å²) in [6.45, 7) is 0. The van der Waals surface area contributed by atoms with Crippen molar-refractivity contribution in [2.75, 3.05) is 4.90 Å². The van der Waals surface area contributed by atoms with Gasteiger partial charge in [0.05, 0.1) is 0 Å². The standard InChI is InChI=1S/C48H35NOSi/c1-5-16-36(17-6-1)37-28-32-40(33-29-37)49(39-18-7-2-8-19-39)41-34-30-38(31-35-41)44-24-15-27-47-48(44)50-45-25-13-14-26-46(45)51(47,42-20-9-3-10-21-42)43-22-11-4-12-23-43/h1-35H. The zero-order chi connectivity index (χ0) is 34.0. The van der Waals surface area contributed by atoms with E-state index in [4.69, 9.17) is 4.74 Å². The molecule has 0 spiro atoms. The fourth-order valence-corrected chi connectivity index (χ4v) is 12.7. The van der Waals surface area contributed by atoms with E-state index >= 15 is 0 Å². The number of ether oxygens (including phenoxy) is 1. The summed E-state index contributed by atoms with van der Waals surface area (Å²) in [5, 5.41) is 5.23. The molecule has 0 radical (unpaired) electrons. The lowest BCUT2D eigenvalue weighted by molar-refractivity contribution is 0.489. The molecule has 0 unspecified atom stereocenters. The number of fused-ring (bicyclic) bond motifs is 2. The normalized spacial score (nSPS) is 12.6. The van der Waals surface area contributed by atoms with Gasteiger partial charge in [-0.2, -0.15) is 0 Å². The fraction of sp³-hybridized carbons (Fsp3) is 0. The molecule has 2 nitrogen and oxygen atoms in total. The zero-order valence-electron chi connectivity index (χ0n) is 28.1. The lowest BCUT2D eigenvalue weighted by Gasteiger charge is -2.40. The van der Waals surface area contributed by atoms with Crippen LogP contribution >= 0.6 is 0 Å². The maximum Gasteiger partial charge on any atom is 0.188 e. The molecule has 0 aromatic heterocycles. The summed E-state index contributed by atoms with van der Waals surface area (Å²) in [7, 11) is -2.72. The number of nitrogens with zero attached hydrogens (tertiary/aromatic N) is 1. The van der Waals surface area contributed by atoms with Crippen LogP contribution in [0, 0.1) is 0 Å². The average Bonchev–Trinajstić information content (AvgIpc) is 3.22. The predicted molar refractivity (Wildman–Crippen MR) is 216 cm³/mol. The Bertz CT molecular complexity index is 2370. The van der Waals surface area contributed by atoms with Gasteiger partial charge in [-0.3, -0.25) is 0 Å². The number of rotatable bonds is 7. The molecule has 0 saturated heterocycles. The van der Waals surface area contributed by atoms with Gasteiger partial charge >= 0.3 is 0 Å². The van der Waals surface area contributed by atoms with Crippen molar-refractivity contribution in [2.45, 2.75) is 0 Å². The van der Waals surface area contributed by atoms with Gasteiger partial charge in [0.15, 0.2) is 8.07 Å². The highest BCUT2D eigenvalue weighted by Gasteiger charge is 2.48. The number of hydrogen-bond donors (Lipinski definition) is 0. The first-order chi connectivity index (χ1) is 25.3. The molecule has 8 aromatic carbocycles. The Morgan fingerprint density at radius 1 is 0.333 bits per heavy atom. The highest BCUT2D eigenvalue weighted by molar-refractivity contribution is 7.20. The lowest BCUT2D eigenvalue weighted by Crippen LogP contribution is -2.76. The van der Waals surface area contributed by atoms with Crippen molar-refractivity contribution >= 4 is 45.9 Å². The van der Waals surface area contributed by atoms with Crippen molar-refractivity contribution in [3.8, 4) is 33.8 Å². The van der Waals surface area contributed by atoms with Crippen LogP contribution in [0.5, 0.6) is 11.5 Å². The summed E-state index contributed by atoms with van der Waals surface area (Å²) >= 11 is 0. The third-order valence-electron chi connectivity index (χ3n) is 10.0. The van der Waals surface area contributed by atoms with Gasteiger partial charge in [-0.1, -0.05) is 170 Å². The summed E-state index contributed by atoms with van der Waals surface area (Å²) in [4.78, 5) is 2.31. The second kappa shape index (κ2) is 13.1. The van der Waals surface area contributed by atoms with E-state index in [9.17, 15) is 0 Å². The Morgan fingerprint density at radius 3 is 1.39 bits per heavy atom. The Kier molecular flexibility index (Phi) is 7.88. The van der Waals surface area contributed by atoms with Crippen LogP contribution in [0.15, 0.2) is 212 Å². The van der Waals surface area contributed by atoms with Crippen molar-refractivity contribution in [3.63, 3.8) is 0 Å². The summed E-state index contributed by atoms with van der Waals surface area (Å²) in [5.74, 6) is 1.88. The van der Waals surface area contributed by atoms with E-state index in [-0.39, 0.29) is 0 Å². The number of para-hydroxylation sites is 3. The average molecular weight is 670 g/mol. The van der Waals surface area contributed by atoms with Crippen LogP contribution in [-0.4, -0.2) is 8.07 Å². The van der Waals surface area contributed by atoms with Gasteiger partial charge in [-0.05, 0) is 79.9 Å². The van der Waals surface area contributed by atoms with Crippen molar-refractivity contribution in [3.05, 3.63) is 212 Å². The molecule has 1 aliphatic heterocycles. The summed E-state index contributed by atoms with van der Waals surface area (Å²) in [6.07, 6.45) is 0. The SMILES string of the molecule is c1ccc(-c2ccc(N(c3ccccc3)c3ccc(-c4cccc5c4Oc4ccccc4[Si]5(c4ccccc4)c4ccccc4)cc3)cc2)cc1. The molecule has 0 saturated carbocycles. The summed E-state index contributed by atoms with van der Waals surface area (Å²) in [6, 6.07) is 76.3. The predicted octanol–water partition coefficient (Wildman–Crippen LogP) is 9.97. The van der Waals surface area contributed by atoms with Crippen LogP contribution in [-0.2, 0) is 0 Å². The number of benzene rings is 8. The van der Waals surface area contributed by atoms with E-state index in [1.54, 1.807) is 0 Å². The molecule has 0 aliphatic carbocycles. The first-order valence-corrected chi connectivity index (χ1v) is 19.4. The van der Waals surface area contributed by atoms with Gasteiger partial charge in [0.2, 0.25) is 0 Å². The van der Waals surface area contributed by atoms with Crippen LogP contribution < -0.4 is 30.4 Å². The smallest absolute Gasteiger partial charge is 0.188 e. The van der Waals surface area contributed by atoms with Crippen LogP contribution in [0.1, 0.15) is 0 Å². The third-order valence-corrected chi connectivity index (χ3v) is 14.8. The second-order valence-corrected chi connectivity index (χ2v) is 16.6. The van der Waals surface area contributed by atoms with E-state index in [1.807, 2.05) is 0 Å². The van der Waals surface area contributed by atoms with E-state index in [0.29, 0.717) is 0 Å².